The fourth-order valence-corrected chi connectivity index (χ4v) is 2.03. The lowest BCUT2D eigenvalue weighted by atomic mass is 10.0. The molecule has 1 rings (SSSR count). The van der Waals surface area contributed by atoms with E-state index in [0.717, 1.165) is 45.4 Å². The second-order valence-electron chi connectivity index (χ2n) is 4.54. The van der Waals surface area contributed by atoms with E-state index in [1.165, 1.54) is 0 Å². The first-order valence-electron chi connectivity index (χ1n) is 6.19. The molecule has 0 bridgehead atoms. The molecule has 1 N–H and O–H groups in total. The second-order valence-corrected chi connectivity index (χ2v) is 4.54. The molecule has 0 spiro atoms. The zero-order valence-electron chi connectivity index (χ0n) is 10.1. The van der Waals surface area contributed by atoms with Crippen molar-refractivity contribution in [2.75, 3.05) is 32.7 Å². The smallest absolute Gasteiger partial charge is 0.149 e. The van der Waals surface area contributed by atoms with Gasteiger partial charge in [-0.2, -0.15) is 0 Å². The van der Waals surface area contributed by atoms with Gasteiger partial charge in [0.2, 0.25) is 0 Å². The van der Waals surface area contributed by atoms with E-state index in [9.17, 15) is 4.79 Å². The van der Waals surface area contributed by atoms with Crippen LogP contribution < -0.4 is 5.32 Å². The van der Waals surface area contributed by atoms with Crippen molar-refractivity contribution in [3.8, 4) is 0 Å². The summed E-state index contributed by atoms with van der Waals surface area (Å²) in [5.74, 6) is 0.657. The van der Waals surface area contributed by atoms with E-state index < -0.39 is 0 Å². The summed E-state index contributed by atoms with van der Waals surface area (Å²) in [6, 6.07) is 0. The van der Waals surface area contributed by atoms with Gasteiger partial charge in [-0.25, -0.2) is 0 Å². The highest BCUT2D eigenvalue weighted by Gasteiger charge is 2.16. The summed E-state index contributed by atoms with van der Waals surface area (Å²) in [5.41, 5.74) is 0. The van der Waals surface area contributed by atoms with Crippen molar-refractivity contribution < 1.29 is 4.79 Å². The Morgan fingerprint density at radius 2 is 2.20 bits per heavy atom. The molecule has 0 aromatic heterocycles. The van der Waals surface area contributed by atoms with Crippen molar-refractivity contribution in [1.82, 2.24) is 10.2 Å². The molecule has 1 atom stereocenters. The van der Waals surface area contributed by atoms with Crippen molar-refractivity contribution >= 4 is 5.78 Å². The number of Topliss-reactive ketones (excluding diaryl/α,β-unsaturated/α-hetero) is 1. The Hall–Kier alpha value is -0.410. The molecule has 1 fully saturated rings. The first-order valence-corrected chi connectivity index (χ1v) is 6.19. The van der Waals surface area contributed by atoms with Crippen molar-refractivity contribution in [2.24, 2.45) is 5.92 Å². The standard InChI is InChI=1S/C12H24N2O/c1-3-5-11(2)12(15)10-14-8-4-6-13-7-9-14/h11,13H,3-10H2,1-2H3. The molecule has 1 aliphatic rings. The molecule has 1 heterocycles. The number of nitrogens with one attached hydrogen (secondary N) is 1. The molecule has 88 valence electrons. The summed E-state index contributed by atoms with van der Waals surface area (Å²) in [5, 5.41) is 3.35. The molecule has 0 saturated carbocycles. The minimum Gasteiger partial charge on any atom is -0.315 e. The van der Waals surface area contributed by atoms with Crippen LogP contribution >= 0.6 is 0 Å². The van der Waals surface area contributed by atoms with E-state index in [1.54, 1.807) is 0 Å². The Morgan fingerprint density at radius 3 is 2.93 bits per heavy atom. The van der Waals surface area contributed by atoms with Crippen molar-refractivity contribution in [3.63, 3.8) is 0 Å². The van der Waals surface area contributed by atoms with E-state index >= 15 is 0 Å². The predicted octanol–water partition coefficient (Wildman–Crippen LogP) is 1.29. The lowest BCUT2D eigenvalue weighted by Crippen LogP contribution is -2.35. The molecule has 0 aliphatic carbocycles. The quantitative estimate of drug-likeness (QED) is 0.745. The number of ketones is 1. The molecule has 0 aromatic rings. The van der Waals surface area contributed by atoms with Crippen LogP contribution in [0, 0.1) is 5.92 Å². The van der Waals surface area contributed by atoms with Crippen LogP contribution in [-0.2, 0) is 4.79 Å². The third-order valence-corrected chi connectivity index (χ3v) is 3.08. The molecule has 1 unspecified atom stereocenters. The maximum atomic E-state index is 11.9. The zero-order chi connectivity index (χ0) is 11.1. The maximum Gasteiger partial charge on any atom is 0.149 e. The highest BCUT2D eigenvalue weighted by molar-refractivity contribution is 5.82. The largest absolute Gasteiger partial charge is 0.315 e. The molecule has 1 saturated heterocycles. The van der Waals surface area contributed by atoms with Gasteiger partial charge in [0.25, 0.3) is 0 Å². The van der Waals surface area contributed by atoms with E-state index in [4.69, 9.17) is 0 Å². The third kappa shape index (κ3) is 4.76. The fraction of sp³-hybridized carbons (Fsp3) is 0.917. The Bertz CT molecular complexity index is 186. The van der Waals surface area contributed by atoms with Crippen LogP contribution in [0.5, 0.6) is 0 Å². The van der Waals surface area contributed by atoms with Crippen LogP contribution in [0.25, 0.3) is 0 Å². The van der Waals surface area contributed by atoms with Gasteiger partial charge in [-0.1, -0.05) is 20.3 Å². The van der Waals surface area contributed by atoms with Crippen LogP contribution in [0.3, 0.4) is 0 Å². The lowest BCUT2D eigenvalue weighted by molar-refractivity contribution is -0.123. The Labute approximate surface area is 93.2 Å². The molecular formula is C12H24N2O. The van der Waals surface area contributed by atoms with Gasteiger partial charge in [0, 0.05) is 19.0 Å². The Morgan fingerprint density at radius 1 is 1.40 bits per heavy atom. The fourth-order valence-electron chi connectivity index (χ4n) is 2.03. The molecule has 1 aliphatic heterocycles. The van der Waals surface area contributed by atoms with E-state index in [0.29, 0.717) is 12.3 Å². The molecule has 0 radical (unpaired) electrons. The van der Waals surface area contributed by atoms with Gasteiger partial charge in [-0.15, -0.1) is 0 Å². The number of hydrogen-bond acceptors (Lipinski definition) is 3. The second kappa shape index (κ2) is 6.96. The maximum absolute atomic E-state index is 11.9. The number of rotatable bonds is 5. The van der Waals surface area contributed by atoms with Crippen LogP contribution in [0.4, 0.5) is 0 Å². The van der Waals surface area contributed by atoms with E-state index in [-0.39, 0.29) is 5.92 Å². The van der Waals surface area contributed by atoms with Crippen molar-refractivity contribution in [1.29, 1.82) is 0 Å². The molecule has 15 heavy (non-hydrogen) atoms. The normalized spacial score (nSPS) is 20.9. The summed E-state index contributed by atoms with van der Waals surface area (Å²) in [7, 11) is 0. The highest BCUT2D eigenvalue weighted by Crippen LogP contribution is 2.08. The summed E-state index contributed by atoms with van der Waals surface area (Å²) in [6.07, 6.45) is 3.30. The van der Waals surface area contributed by atoms with Crippen LogP contribution in [0.1, 0.15) is 33.1 Å². The van der Waals surface area contributed by atoms with Crippen LogP contribution in [0.15, 0.2) is 0 Å². The Kier molecular flexibility index (Phi) is 5.88. The number of nitrogens with zero attached hydrogens (tertiary/aromatic N) is 1. The molecule has 0 amide bonds. The lowest BCUT2D eigenvalue weighted by Gasteiger charge is -2.20. The average molecular weight is 212 g/mol. The van der Waals surface area contributed by atoms with Crippen LogP contribution in [-0.4, -0.2) is 43.4 Å². The molecule has 3 nitrogen and oxygen atoms in total. The summed E-state index contributed by atoms with van der Waals surface area (Å²) >= 11 is 0. The molecular weight excluding hydrogens is 188 g/mol. The molecule has 0 aromatic carbocycles. The van der Waals surface area contributed by atoms with Gasteiger partial charge in [0.1, 0.15) is 5.78 Å². The third-order valence-electron chi connectivity index (χ3n) is 3.08. The Balaban J connectivity index is 2.28. The highest BCUT2D eigenvalue weighted by atomic mass is 16.1. The summed E-state index contributed by atoms with van der Waals surface area (Å²) < 4.78 is 0. The van der Waals surface area contributed by atoms with Gasteiger partial charge in [0.15, 0.2) is 0 Å². The number of carbonyl (C=O) groups is 1. The number of carbonyl (C=O) groups excluding carboxylic acids is 1. The monoisotopic (exact) mass is 212 g/mol. The average Bonchev–Trinajstić information content (AvgIpc) is 2.46. The van der Waals surface area contributed by atoms with Crippen LogP contribution in [0.2, 0.25) is 0 Å². The molecule has 3 heteroatoms. The van der Waals surface area contributed by atoms with Crippen molar-refractivity contribution in [2.45, 2.75) is 33.1 Å². The zero-order valence-corrected chi connectivity index (χ0v) is 10.1. The van der Waals surface area contributed by atoms with E-state index in [1.807, 2.05) is 0 Å². The first kappa shape index (κ1) is 12.7. The number of hydrogen-bond donors (Lipinski definition) is 1. The van der Waals surface area contributed by atoms with Gasteiger partial charge >= 0.3 is 0 Å². The van der Waals surface area contributed by atoms with E-state index in [2.05, 4.69) is 24.1 Å². The van der Waals surface area contributed by atoms with Gasteiger partial charge < -0.3 is 5.32 Å². The first-order chi connectivity index (χ1) is 7.24. The predicted molar refractivity (Wildman–Crippen MR) is 63.0 cm³/mol. The SMILES string of the molecule is CCCC(C)C(=O)CN1CCCNCC1. The van der Waals surface area contributed by atoms with Gasteiger partial charge in [-0.3, -0.25) is 9.69 Å². The summed E-state index contributed by atoms with van der Waals surface area (Å²) in [4.78, 5) is 14.1. The van der Waals surface area contributed by atoms with Crippen molar-refractivity contribution in [3.05, 3.63) is 0 Å². The minimum absolute atomic E-state index is 0.242. The topological polar surface area (TPSA) is 32.3 Å². The minimum atomic E-state index is 0.242. The van der Waals surface area contributed by atoms with Gasteiger partial charge in [0.05, 0.1) is 6.54 Å². The summed E-state index contributed by atoms with van der Waals surface area (Å²) in [6.45, 7) is 9.05. The van der Waals surface area contributed by atoms with Gasteiger partial charge in [-0.05, 0) is 25.9 Å².